The number of rotatable bonds is 4. The van der Waals surface area contributed by atoms with Crippen LogP contribution < -0.4 is 5.32 Å². The minimum Gasteiger partial charge on any atom is -0.480 e. The first-order valence-corrected chi connectivity index (χ1v) is 6.89. The van der Waals surface area contributed by atoms with Crippen molar-refractivity contribution in [2.45, 2.75) is 37.3 Å². The monoisotopic (exact) mass is 261 g/mol. The van der Waals surface area contributed by atoms with Crippen LogP contribution in [-0.2, 0) is 16.0 Å². The highest BCUT2D eigenvalue weighted by Crippen LogP contribution is 2.33. The molecule has 1 heterocycles. The number of carboxylic acid groups (broad SMARTS) is 1. The summed E-state index contributed by atoms with van der Waals surface area (Å²) in [5, 5.41) is 12.5. The number of benzene rings is 1. The Bertz CT molecular complexity index is 482. The topological polar surface area (TPSA) is 58.6 Å². The average molecular weight is 261 g/mol. The predicted octanol–water partition coefficient (Wildman–Crippen LogP) is 1.90. The Morgan fingerprint density at radius 2 is 2.21 bits per heavy atom. The minimum atomic E-state index is -0.733. The molecule has 1 aliphatic carbocycles. The zero-order valence-electron chi connectivity index (χ0n) is 10.9. The maximum Gasteiger partial charge on any atom is 0.323 e. The van der Waals surface area contributed by atoms with Crippen molar-refractivity contribution in [3.63, 3.8) is 0 Å². The normalized spacial score (nSPS) is 24.3. The molecule has 1 aromatic rings. The van der Waals surface area contributed by atoms with Gasteiger partial charge in [-0.05, 0) is 36.8 Å². The molecule has 0 spiro atoms. The van der Waals surface area contributed by atoms with E-state index in [9.17, 15) is 9.90 Å². The average Bonchev–Trinajstić information content (AvgIpc) is 2.37. The fourth-order valence-electron chi connectivity index (χ4n) is 2.93. The second kappa shape index (κ2) is 4.94. The standard InChI is InChI=1S/C15H19NO3/c17-14(18)15(7-3-8-15)16-10-13-12-5-2-1-4-11(12)6-9-19-13/h1-2,4-5,13,16H,3,6-10H2,(H,17,18). The lowest BCUT2D eigenvalue weighted by Crippen LogP contribution is -2.58. The molecule has 102 valence electrons. The number of hydrogen-bond donors (Lipinski definition) is 2. The summed E-state index contributed by atoms with van der Waals surface area (Å²) in [6.07, 6.45) is 3.34. The van der Waals surface area contributed by atoms with Crippen molar-refractivity contribution in [1.82, 2.24) is 5.32 Å². The zero-order valence-corrected chi connectivity index (χ0v) is 10.9. The molecule has 0 bridgehead atoms. The van der Waals surface area contributed by atoms with E-state index in [1.54, 1.807) is 0 Å². The Morgan fingerprint density at radius 3 is 2.89 bits per heavy atom. The number of aliphatic carboxylic acids is 1. The lowest BCUT2D eigenvalue weighted by atomic mass is 9.76. The van der Waals surface area contributed by atoms with E-state index >= 15 is 0 Å². The van der Waals surface area contributed by atoms with Crippen LogP contribution in [0.3, 0.4) is 0 Å². The van der Waals surface area contributed by atoms with Gasteiger partial charge in [0, 0.05) is 6.54 Å². The van der Waals surface area contributed by atoms with Gasteiger partial charge in [0.25, 0.3) is 0 Å². The summed E-state index contributed by atoms with van der Waals surface area (Å²) < 4.78 is 5.79. The Kier molecular flexibility index (Phi) is 3.29. The molecule has 1 aromatic carbocycles. The highest BCUT2D eigenvalue weighted by Gasteiger charge is 2.44. The summed E-state index contributed by atoms with van der Waals surface area (Å²) in [7, 11) is 0. The maximum atomic E-state index is 11.3. The van der Waals surface area contributed by atoms with Crippen LogP contribution >= 0.6 is 0 Å². The first kappa shape index (κ1) is 12.6. The van der Waals surface area contributed by atoms with E-state index in [1.807, 2.05) is 12.1 Å². The molecule has 1 aliphatic heterocycles. The second-order valence-corrected chi connectivity index (χ2v) is 5.43. The number of carbonyl (C=O) groups is 1. The van der Waals surface area contributed by atoms with E-state index in [4.69, 9.17) is 4.74 Å². The van der Waals surface area contributed by atoms with Crippen molar-refractivity contribution in [3.8, 4) is 0 Å². The van der Waals surface area contributed by atoms with Crippen LogP contribution in [0.1, 0.15) is 36.5 Å². The quantitative estimate of drug-likeness (QED) is 0.869. The summed E-state index contributed by atoms with van der Waals surface area (Å²) in [4.78, 5) is 11.3. The molecule has 4 nitrogen and oxygen atoms in total. The summed E-state index contributed by atoms with van der Waals surface area (Å²) in [5.41, 5.74) is 1.80. The molecule has 0 amide bonds. The van der Waals surface area contributed by atoms with Gasteiger partial charge in [-0.2, -0.15) is 0 Å². The van der Waals surface area contributed by atoms with Crippen LogP contribution in [0.4, 0.5) is 0 Å². The number of carboxylic acids is 1. The predicted molar refractivity (Wildman–Crippen MR) is 71.1 cm³/mol. The van der Waals surface area contributed by atoms with Gasteiger partial charge in [-0.3, -0.25) is 10.1 Å². The maximum absolute atomic E-state index is 11.3. The number of fused-ring (bicyclic) bond motifs is 1. The van der Waals surface area contributed by atoms with Crippen molar-refractivity contribution in [2.75, 3.05) is 13.2 Å². The Balaban J connectivity index is 1.70. The lowest BCUT2D eigenvalue weighted by molar-refractivity contribution is -0.149. The molecular weight excluding hydrogens is 242 g/mol. The number of ether oxygens (including phenoxy) is 1. The first-order chi connectivity index (χ1) is 9.21. The smallest absolute Gasteiger partial charge is 0.323 e. The van der Waals surface area contributed by atoms with E-state index in [1.165, 1.54) is 11.1 Å². The molecule has 1 unspecified atom stereocenters. The number of nitrogens with one attached hydrogen (secondary N) is 1. The molecule has 1 atom stereocenters. The Labute approximate surface area is 112 Å². The van der Waals surface area contributed by atoms with E-state index in [-0.39, 0.29) is 6.10 Å². The lowest BCUT2D eigenvalue weighted by Gasteiger charge is -2.40. The summed E-state index contributed by atoms with van der Waals surface area (Å²) in [6.45, 7) is 1.28. The van der Waals surface area contributed by atoms with Gasteiger partial charge >= 0.3 is 5.97 Å². The number of hydrogen-bond acceptors (Lipinski definition) is 3. The van der Waals surface area contributed by atoms with Gasteiger partial charge in [0.2, 0.25) is 0 Å². The summed E-state index contributed by atoms with van der Waals surface area (Å²) >= 11 is 0. The van der Waals surface area contributed by atoms with Crippen LogP contribution in [-0.4, -0.2) is 29.8 Å². The zero-order chi connectivity index (χ0) is 13.3. The third kappa shape index (κ3) is 2.26. The van der Waals surface area contributed by atoms with E-state index < -0.39 is 11.5 Å². The highest BCUT2D eigenvalue weighted by atomic mass is 16.5. The molecule has 4 heteroatoms. The van der Waals surface area contributed by atoms with Crippen LogP contribution in [0.15, 0.2) is 24.3 Å². The fraction of sp³-hybridized carbons (Fsp3) is 0.533. The fourth-order valence-corrected chi connectivity index (χ4v) is 2.93. The van der Waals surface area contributed by atoms with Crippen molar-refractivity contribution < 1.29 is 14.6 Å². The molecule has 0 aromatic heterocycles. The van der Waals surface area contributed by atoms with Crippen LogP contribution in [0.25, 0.3) is 0 Å². The molecule has 1 fully saturated rings. The highest BCUT2D eigenvalue weighted by molar-refractivity contribution is 5.80. The minimum absolute atomic E-state index is 0.0261. The van der Waals surface area contributed by atoms with Gasteiger partial charge < -0.3 is 9.84 Å². The molecule has 2 N–H and O–H groups in total. The van der Waals surface area contributed by atoms with Crippen LogP contribution in [0, 0.1) is 0 Å². The second-order valence-electron chi connectivity index (χ2n) is 5.43. The van der Waals surface area contributed by atoms with Gasteiger partial charge in [-0.15, -0.1) is 0 Å². The largest absolute Gasteiger partial charge is 0.480 e. The van der Waals surface area contributed by atoms with Crippen molar-refractivity contribution in [1.29, 1.82) is 0 Å². The van der Waals surface area contributed by atoms with E-state index in [0.717, 1.165) is 25.7 Å². The SMILES string of the molecule is O=C(O)C1(NCC2OCCc3ccccc32)CCC1. The molecule has 19 heavy (non-hydrogen) atoms. The molecule has 1 saturated carbocycles. The van der Waals surface area contributed by atoms with Crippen LogP contribution in [0.5, 0.6) is 0 Å². The van der Waals surface area contributed by atoms with E-state index in [2.05, 4.69) is 17.4 Å². The van der Waals surface area contributed by atoms with Gasteiger partial charge in [-0.1, -0.05) is 24.3 Å². The van der Waals surface area contributed by atoms with Crippen molar-refractivity contribution >= 4 is 5.97 Å². The van der Waals surface area contributed by atoms with Gasteiger partial charge in [0.05, 0.1) is 12.7 Å². The van der Waals surface area contributed by atoms with Gasteiger partial charge in [0.15, 0.2) is 0 Å². The van der Waals surface area contributed by atoms with E-state index in [0.29, 0.717) is 13.2 Å². The Hall–Kier alpha value is -1.39. The van der Waals surface area contributed by atoms with Gasteiger partial charge in [0.1, 0.15) is 5.54 Å². The molecule has 2 aliphatic rings. The first-order valence-electron chi connectivity index (χ1n) is 6.89. The van der Waals surface area contributed by atoms with Crippen molar-refractivity contribution in [3.05, 3.63) is 35.4 Å². The molecule has 0 saturated heterocycles. The Morgan fingerprint density at radius 1 is 1.42 bits per heavy atom. The van der Waals surface area contributed by atoms with Crippen LogP contribution in [0.2, 0.25) is 0 Å². The third-order valence-corrected chi connectivity index (χ3v) is 4.33. The summed E-state index contributed by atoms with van der Waals surface area (Å²) in [6, 6.07) is 8.26. The molecule has 0 radical (unpaired) electrons. The van der Waals surface area contributed by atoms with Gasteiger partial charge in [-0.25, -0.2) is 0 Å². The third-order valence-electron chi connectivity index (χ3n) is 4.33. The molecule has 3 rings (SSSR count). The van der Waals surface area contributed by atoms with Crippen molar-refractivity contribution in [2.24, 2.45) is 0 Å². The summed E-state index contributed by atoms with van der Waals surface area (Å²) in [5.74, 6) is -0.733. The molecular formula is C15H19NO3.